The molecule has 0 bridgehead atoms. The summed E-state index contributed by atoms with van der Waals surface area (Å²) >= 11 is 0. The number of aromatic nitrogens is 3. The molecule has 0 radical (unpaired) electrons. The van der Waals surface area contributed by atoms with Crippen LogP contribution in [-0.4, -0.2) is 51.3 Å². The van der Waals surface area contributed by atoms with Gasteiger partial charge in [-0.25, -0.2) is 9.48 Å². The van der Waals surface area contributed by atoms with Crippen molar-refractivity contribution in [2.75, 3.05) is 25.5 Å². The number of carbonyl (C=O) groups excluding carboxylic acids is 2. The molecule has 1 aromatic heterocycles. The first-order chi connectivity index (χ1) is 14.5. The second kappa shape index (κ2) is 10.1. The SMILES string of the molecule is CCCN(CC(=O)Nc1ccccc1OC)C(=O)Cn1nc2n(c1=O)CCCCC2. The van der Waals surface area contributed by atoms with Crippen molar-refractivity contribution in [2.24, 2.45) is 0 Å². The highest BCUT2D eigenvalue weighted by Crippen LogP contribution is 2.22. The molecule has 1 N–H and O–H groups in total. The highest BCUT2D eigenvalue weighted by Gasteiger charge is 2.21. The number of nitrogens with zero attached hydrogens (tertiary/aromatic N) is 4. The van der Waals surface area contributed by atoms with Crippen LogP contribution in [0, 0.1) is 0 Å². The lowest BCUT2D eigenvalue weighted by Crippen LogP contribution is -2.42. The zero-order chi connectivity index (χ0) is 21.5. The molecule has 0 fully saturated rings. The number of rotatable bonds is 8. The number of para-hydroxylation sites is 2. The number of ether oxygens (including phenoxy) is 1. The largest absolute Gasteiger partial charge is 0.495 e. The molecule has 2 aromatic rings. The fraction of sp³-hybridized carbons (Fsp3) is 0.524. The van der Waals surface area contributed by atoms with Crippen LogP contribution in [0.25, 0.3) is 0 Å². The van der Waals surface area contributed by atoms with Crippen LogP contribution in [0.5, 0.6) is 5.75 Å². The predicted octanol–water partition coefficient (Wildman–Crippen LogP) is 1.66. The maximum absolute atomic E-state index is 12.9. The molecule has 0 aliphatic carbocycles. The van der Waals surface area contributed by atoms with Crippen LogP contribution in [-0.2, 0) is 29.1 Å². The molecule has 162 valence electrons. The van der Waals surface area contributed by atoms with Crippen molar-refractivity contribution in [1.82, 2.24) is 19.2 Å². The minimum atomic E-state index is -0.325. The number of amides is 2. The van der Waals surface area contributed by atoms with E-state index in [0.717, 1.165) is 31.5 Å². The molecular formula is C21H29N5O4. The first kappa shape index (κ1) is 21.6. The van der Waals surface area contributed by atoms with Gasteiger partial charge in [-0.05, 0) is 31.4 Å². The van der Waals surface area contributed by atoms with E-state index in [0.29, 0.717) is 30.9 Å². The summed E-state index contributed by atoms with van der Waals surface area (Å²) in [6.45, 7) is 2.72. The summed E-state index contributed by atoms with van der Waals surface area (Å²) in [5.41, 5.74) is 0.290. The van der Waals surface area contributed by atoms with Crippen molar-refractivity contribution in [2.45, 2.75) is 52.1 Å². The van der Waals surface area contributed by atoms with Gasteiger partial charge in [-0.1, -0.05) is 25.5 Å². The molecule has 2 heterocycles. The summed E-state index contributed by atoms with van der Waals surface area (Å²) in [7, 11) is 1.53. The molecule has 30 heavy (non-hydrogen) atoms. The molecule has 2 amide bonds. The molecule has 0 saturated carbocycles. The standard InChI is InChI=1S/C21H29N5O4/c1-3-12-24(14-19(27)22-16-9-6-7-10-17(16)30-2)20(28)15-26-21(29)25-13-8-4-5-11-18(25)23-26/h6-7,9-10H,3-5,8,11-15H2,1-2H3,(H,22,27). The average molecular weight is 415 g/mol. The Morgan fingerprint density at radius 1 is 1.23 bits per heavy atom. The van der Waals surface area contributed by atoms with E-state index in [-0.39, 0.29) is 30.6 Å². The number of hydrogen-bond acceptors (Lipinski definition) is 5. The van der Waals surface area contributed by atoms with Crippen LogP contribution in [0.4, 0.5) is 5.69 Å². The Hall–Kier alpha value is -3.10. The summed E-state index contributed by atoms with van der Waals surface area (Å²) < 4.78 is 8.13. The van der Waals surface area contributed by atoms with Crippen molar-refractivity contribution >= 4 is 17.5 Å². The molecule has 0 spiro atoms. The van der Waals surface area contributed by atoms with Gasteiger partial charge in [0.2, 0.25) is 11.8 Å². The minimum absolute atomic E-state index is 0.104. The lowest BCUT2D eigenvalue weighted by atomic mass is 10.2. The zero-order valence-corrected chi connectivity index (χ0v) is 17.6. The molecule has 9 heteroatoms. The molecule has 0 unspecified atom stereocenters. The predicted molar refractivity (Wildman–Crippen MR) is 113 cm³/mol. The summed E-state index contributed by atoms with van der Waals surface area (Å²) in [5.74, 6) is 0.656. The maximum Gasteiger partial charge on any atom is 0.346 e. The van der Waals surface area contributed by atoms with Gasteiger partial charge in [-0.3, -0.25) is 14.2 Å². The number of fused-ring (bicyclic) bond motifs is 1. The average Bonchev–Trinajstić information content (AvgIpc) is 2.89. The van der Waals surface area contributed by atoms with E-state index in [2.05, 4.69) is 10.4 Å². The molecule has 1 aromatic carbocycles. The zero-order valence-electron chi connectivity index (χ0n) is 17.6. The second-order valence-electron chi connectivity index (χ2n) is 7.38. The van der Waals surface area contributed by atoms with E-state index in [1.54, 1.807) is 22.8 Å². The van der Waals surface area contributed by atoms with Gasteiger partial charge in [0.15, 0.2) is 0 Å². The third-order valence-corrected chi connectivity index (χ3v) is 5.13. The van der Waals surface area contributed by atoms with E-state index >= 15 is 0 Å². The van der Waals surface area contributed by atoms with E-state index in [1.165, 1.54) is 16.7 Å². The third-order valence-electron chi connectivity index (χ3n) is 5.13. The monoisotopic (exact) mass is 415 g/mol. The molecule has 1 aliphatic heterocycles. The first-order valence-electron chi connectivity index (χ1n) is 10.4. The van der Waals surface area contributed by atoms with E-state index in [4.69, 9.17) is 4.74 Å². The van der Waals surface area contributed by atoms with Gasteiger partial charge < -0.3 is 15.0 Å². The fourth-order valence-corrected chi connectivity index (χ4v) is 3.63. The highest BCUT2D eigenvalue weighted by atomic mass is 16.5. The van der Waals surface area contributed by atoms with Crippen LogP contribution in [0.3, 0.4) is 0 Å². The maximum atomic E-state index is 12.9. The Morgan fingerprint density at radius 3 is 2.80 bits per heavy atom. The van der Waals surface area contributed by atoms with Gasteiger partial charge in [0.25, 0.3) is 0 Å². The Morgan fingerprint density at radius 2 is 2.03 bits per heavy atom. The molecule has 3 rings (SSSR count). The second-order valence-corrected chi connectivity index (χ2v) is 7.38. The van der Waals surface area contributed by atoms with Gasteiger partial charge in [-0.15, -0.1) is 0 Å². The van der Waals surface area contributed by atoms with Crippen molar-refractivity contribution in [3.8, 4) is 5.75 Å². The number of carbonyl (C=O) groups is 2. The number of anilines is 1. The number of benzene rings is 1. The number of methoxy groups -OCH3 is 1. The molecule has 1 aliphatic rings. The van der Waals surface area contributed by atoms with Crippen LogP contribution in [0.2, 0.25) is 0 Å². The lowest BCUT2D eigenvalue weighted by Gasteiger charge is -2.21. The van der Waals surface area contributed by atoms with Crippen molar-refractivity contribution < 1.29 is 14.3 Å². The van der Waals surface area contributed by atoms with Gasteiger partial charge in [0.1, 0.15) is 18.1 Å². The topological polar surface area (TPSA) is 98.5 Å². The Bertz CT molecular complexity index is 949. The van der Waals surface area contributed by atoms with Gasteiger partial charge in [-0.2, -0.15) is 5.10 Å². The van der Waals surface area contributed by atoms with Crippen molar-refractivity contribution in [3.63, 3.8) is 0 Å². The summed E-state index contributed by atoms with van der Waals surface area (Å²) in [5, 5.41) is 7.15. The third kappa shape index (κ3) is 5.08. The van der Waals surface area contributed by atoms with Gasteiger partial charge in [0, 0.05) is 19.5 Å². The van der Waals surface area contributed by atoms with E-state index in [1.807, 2.05) is 13.0 Å². The van der Waals surface area contributed by atoms with Crippen LogP contribution in [0.1, 0.15) is 38.4 Å². The first-order valence-corrected chi connectivity index (χ1v) is 10.4. The quantitative estimate of drug-likeness (QED) is 0.707. The normalized spacial score (nSPS) is 13.3. The van der Waals surface area contributed by atoms with E-state index < -0.39 is 0 Å². The van der Waals surface area contributed by atoms with Crippen LogP contribution in [0.15, 0.2) is 29.1 Å². The van der Waals surface area contributed by atoms with Crippen molar-refractivity contribution in [3.05, 3.63) is 40.6 Å². The number of hydrogen-bond donors (Lipinski definition) is 1. The van der Waals surface area contributed by atoms with Crippen LogP contribution < -0.4 is 15.7 Å². The molecule has 0 saturated heterocycles. The Balaban J connectivity index is 1.68. The molecule has 9 nitrogen and oxygen atoms in total. The van der Waals surface area contributed by atoms with Gasteiger partial charge in [0.05, 0.1) is 19.3 Å². The molecular weight excluding hydrogens is 386 g/mol. The van der Waals surface area contributed by atoms with E-state index in [9.17, 15) is 14.4 Å². The Kier molecular flexibility index (Phi) is 7.26. The Labute approximate surface area is 175 Å². The van der Waals surface area contributed by atoms with Crippen LogP contribution >= 0.6 is 0 Å². The fourth-order valence-electron chi connectivity index (χ4n) is 3.63. The molecule has 0 atom stereocenters. The minimum Gasteiger partial charge on any atom is -0.495 e. The number of aryl methyl sites for hydroxylation is 1. The smallest absolute Gasteiger partial charge is 0.346 e. The lowest BCUT2D eigenvalue weighted by molar-refractivity contribution is -0.135. The highest BCUT2D eigenvalue weighted by molar-refractivity contribution is 5.95. The summed E-state index contributed by atoms with van der Waals surface area (Å²) in [4.78, 5) is 39.5. The summed E-state index contributed by atoms with van der Waals surface area (Å²) in [6, 6.07) is 7.09. The van der Waals surface area contributed by atoms with Crippen molar-refractivity contribution in [1.29, 1.82) is 0 Å². The summed E-state index contributed by atoms with van der Waals surface area (Å²) in [6.07, 6.45) is 4.46. The number of nitrogens with one attached hydrogen (secondary N) is 1. The van der Waals surface area contributed by atoms with Gasteiger partial charge >= 0.3 is 5.69 Å².